The number of fused-ring (bicyclic) bond motifs is 1. The van der Waals surface area contributed by atoms with Crippen LogP contribution in [-0.2, 0) is 12.1 Å². The van der Waals surface area contributed by atoms with Crippen LogP contribution < -0.4 is 11.5 Å². The Kier molecular flexibility index (Phi) is 7.68. The van der Waals surface area contributed by atoms with E-state index in [4.69, 9.17) is 16.4 Å². The highest BCUT2D eigenvalue weighted by molar-refractivity contribution is 9.10. The molecule has 1 aromatic carbocycles. The molecule has 0 fully saturated rings. The summed E-state index contributed by atoms with van der Waals surface area (Å²) in [6, 6.07) is 5.48. The van der Waals surface area contributed by atoms with Crippen molar-refractivity contribution in [3.8, 4) is 11.3 Å². The summed E-state index contributed by atoms with van der Waals surface area (Å²) in [4.78, 5) is 20.4. The SMILES string of the molecule is NC#CSCCCCc1cc(C(N)=O)cc2c(Br)c(C(F)(F)PO)sc12. The van der Waals surface area contributed by atoms with Gasteiger partial charge >= 0.3 is 5.66 Å². The van der Waals surface area contributed by atoms with Crippen LogP contribution in [0.3, 0.4) is 0 Å². The van der Waals surface area contributed by atoms with Crippen molar-refractivity contribution in [1.29, 1.82) is 0 Å². The predicted molar refractivity (Wildman–Crippen MR) is 110 cm³/mol. The number of hydrogen-bond donors (Lipinski definition) is 3. The monoisotopic (exact) mass is 480 g/mol. The lowest BCUT2D eigenvalue weighted by atomic mass is 10.0. The van der Waals surface area contributed by atoms with E-state index in [0.29, 0.717) is 16.5 Å². The number of benzene rings is 1. The number of halogens is 3. The molecule has 0 saturated carbocycles. The highest BCUT2D eigenvalue weighted by atomic mass is 79.9. The minimum atomic E-state index is -3.33. The number of amides is 1. The molecular weight excluding hydrogens is 465 g/mol. The number of thioether (sulfide) groups is 1. The van der Waals surface area contributed by atoms with Crippen LogP contribution in [0.1, 0.15) is 33.6 Å². The summed E-state index contributed by atoms with van der Waals surface area (Å²) >= 11 is 5.55. The Morgan fingerprint density at radius 2 is 2.15 bits per heavy atom. The molecule has 1 atom stereocenters. The highest BCUT2D eigenvalue weighted by Gasteiger charge is 2.36. The molecule has 10 heteroatoms. The average Bonchev–Trinajstić information content (AvgIpc) is 2.95. The fraction of sp³-hybridized carbons (Fsp3) is 0.312. The summed E-state index contributed by atoms with van der Waals surface area (Å²) < 4.78 is 28.9. The van der Waals surface area contributed by atoms with Gasteiger partial charge < -0.3 is 16.4 Å². The van der Waals surface area contributed by atoms with E-state index in [2.05, 4.69) is 27.2 Å². The Labute approximate surface area is 168 Å². The van der Waals surface area contributed by atoms with Crippen molar-refractivity contribution in [3.63, 3.8) is 0 Å². The summed E-state index contributed by atoms with van der Waals surface area (Å²) in [6.07, 6.45) is 2.29. The third kappa shape index (κ3) is 4.87. The quantitative estimate of drug-likeness (QED) is 0.227. The zero-order chi connectivity index (χ0) is 19.3. The predicted octanol–water partition coefficient (Wildman–Crippen LogP) is 4.33. The molecular formula is C16H16BrF2N2O2PS2. The topological polar surface area (TPSA) is 89.3 Å². The maximum Gasteiger partial charge on any atom is 0.320 e. The fourth-order valence-electron chi connectivity index (χ4n) is 2.40. The van der Waals surface area contributed by atoms with Crippen molar-refractivity contribution in [3.05, 3.63) is 32.6 Å². The Bertz CT molecular complexity index is 880. The summed E-state index contributed by atoms with van der Waals surface area (Å²) in [7, 11) is -1.54. The zero-order valence-electron chi connectivity index (χ0n) is 13.4. The lowest BCUT2D eigenvalue weighted by molar-refractivity contribution is 0.0954. The van der Waals surface area contributed by atoms with Gasteiger partial charge in [-0.25, -0.2) is 0 Å². The van der Waals surface area contributed by atoms with E-state index in [0.717, 1.165) is 35.5 Å². The van der Waals surface area contributed by atoms with Crippen LogP contribution in [-0.4, -0.2) is 16.6 Å². The van der Waals surface area contributed by atoms with Crippen LogP contribution in [0.15, 0.2) is 16.6 Å². The largest absolute Gasteiger partial charge is 0.370 e. The highest BCUT2D eigenvalue weighted by Crippen LogP contribution is 2.52. The minimum absolute atomic E-state index is 0.196. The standard InChI is InChI=1S/C16H16BrF2N2O2PS2/c17-12-11-8-10(15(21)22)7-9(3-1-2-5-25-6-4-20)13(11)26-14(12)16(18,19)24-23/h7-8,23-24H,1-3,5,20H2,(H2,21,22). The number of primary amides is 1. The second kappa shape index (κ2) is 9.34. The number of carbonyl (C=O) groups excluding carboxylic acids is 1. The number of carbonyl (C=O) groups is 1. The minimum Gasteiger partial charge on any atom is -0.370 e. The molecule has 0 saturated heterocycles. The Morgan fingerprint density at radius 3 is 2.77 bits per heavy atom. The third-order valence-corrected chi connectivity index (χ3v) is 7.49. The average molecular weight is 481 g/mol. The van der Waals surface area contributed by atoms with Crippen LogP contribution in [0.25, 0.3) is 10.1 Å². The van der Waals surface area contributed by atoms with Gasteiger partial charge in [0.1, 0.15) is 0 Å². The molecule has 4 nitrogen and oxygen atoms in total. The fourth-order valence-corrected chi connectivity index (χ4v) is 5.67. The van der Waals surface area contributed by atoms with Crippen LogP contribution in [0.5, 0.6) is 0 Å². The van der Waals surface area contributed by atoms with Crippen LogP contribution in [0.2, 0.25) is 0 Å². The van der Waals surface area contributed by atoms with Crippen LogP contribution in [0, 0.1) is 11.3 Å². The van der Waals surface area contributed by atoms with E-state index in [1.807, 2.05) is 0 Å². The lowest BCUT2D eigenvalue weighted by Gasteiger charge is -2.10. The van der Waals surface area contributed by atoms with Gasteiger partial charge in [0, 0.05) is 31.9 Å². The smallest absolute Gasteiger partial charge is 0.320 e. The molecule has 0 aliphatic heterocycles. The van der Waals surface area contributed by atoms with Crippen LogP contribution >= 0.6 is 47.8 Å². The molecule has 0 aliphatic carbocycles. The molecule has 1 amide bonds. The van der Waals surface area contributed by atoms with E-state index < -0.39 is 20.4 Å². The lowest BCUT2D eigenvalue weighted by Crippen LogP contribution is -2.11. The van der Waals surface area contributed by atoms with Gasteiger partial charge in [-0.05, 0) is 58.1 Å². The van der Waals surface area contributed by atoms with Gasteiger partial charge in [0.05, 0.1) is 13.7 Å². The summed E-state index contributed by atoms with van der Waals surface area (Å²) in [6.45, 7) is 0. The van der Waals surface area contributed by atoms with Gasteiger partial charge in [0.25, 0.3) is 0 Å². The number of unbranched alkanes of at least 4 members (excludes halogenated alkanes) is 1. The second-order valence-electron chi connectivity index (χ2n) is 5.36. The first kappa shape index (κ1) is 21.4. The normalized spacial score (nSPS) is 11.8. The molecule has 1 aromatic heterocycles. The maximum absolute atomic E-state index is 14.0. The van der Waals surface area contributed by atoms with E-state index in [9.17, 15) is 13.6 Å². The van der Waals surface area contributed by atoms with Crippen molar-refractivity contribution in [2.24, 2.45) is 11.5 Å². The number of thiophene rings is 1. The zero-order valence-corrected chi connectivity index (χ0v) is 17.7. The molecule has 140 valence electrons. The summed E-state index contributed by atoms with van der Waals surface area (Å²) in [5.74, 6) is 0.198. The number of aryl methyl sites for hydroxylation is 1. The van der Waals surface area contributed by atoms with Gasteiger partial charge in [-0.1, -0.05) is 11.8 Å². The van der Waals surface area contributed by atoms with Crippen LogP contribution in [0.4, 0.5) is 8.78 Å². The Balaban J connectivity index is 2.38. The molecule has 2 rings (SSSR count). The van der Waals surface area contributed by atoms with Gasteiger partial charge in [-0.15, -0.1) is 11.3 Å². The van der Waals surface area contributed by atoms with E-state index in [1.54, 1.807) is 6.07 Å². The number of rotatable bonds is 8. The second-order valence-corrected chi connectivity index (χ2v) is 8.93. The molecule has 0 spiro atoms. The van der Waals surface area contributed by atoms with E-state index >= 15 is 0 Å². The number of nitrogens with two attached hydrogens (primary N) is 2. The third-order valence-electron chi connectivity index (χ3n) is 3.59. The van der Waals surface area contributed by atoms with Crippen molar-refractivity contribution >= 4 is 63.8 Å². The first-order valence-corrected chi connectivity index (χ1v) is 11.0. The van der Waals surface area contributed by atoms with E-state index in [-0.39, 0.29) is 14.9 Å². The number of hydrogen-bond acceptors (Lipinski definition) is 5. The first-order valence-electron chi connectivity index (χ1n) is 7.48. The molecule has 0 aliphatic rings. The van der Waals surface area contributed by atoms with E-state index in [1.165, 1.54) is 17.8 Å². The molecule has 5 N–H and O–H groups in total. The van der Waals surface area contributed by atoms with Crippen molar-refractivity contribution in [2.45, 2.75) is 24.9 Å². The summed E-state index contributed by atoms with van der Waals surface area (Å²) in [5.41, 5.74) is 8.22. The van der Waals surface area contributed by atoms with Crippen molar-refractivity contribution in [1.82, 2.24) is 0 Å². The van der Waals surface area contributed by atoms with Gasteiger partial charge in [0.15, 0.2) is 0 Å². The van der Waals surface area contributed by atoms with Gasteiger partial charge in [-0.3, -0.25) is 4.79 Å². The molecule has 26 heavy (non-hydrogen) atoms. The Morgan fingerprint density at radius 1 is 1.42 bits per heavy atom. The molecule has 1 unspecified atom stereocenters. The maximum atomic E-state index is 14.0. The van der Waals surface area contributed by atoms with Gasteiger partial charge in [0.2, 0.25) is 5.91 Å². The summed E-state index contributed by atoms with van der Waals surface area (Å²) in [5, 5.41) is 3.22. The van der Waals surface area contributed by atoms with Crippen molar-refractivity contribution in [2.75, 3.05) is 5.75 Å². The molecule has 0 bridgehead atoms. The first-order chi connectivity index (χ1) is 12.3. The molecule has 0 radical (unpaired) electrons. The number of alkyl halides is 2. The van der Waals surface area contributed by atoms with Crippen molar-refractivity contribution < 1.29 is 18.5 Å². The molecule has 1 heterocycles. The van der Waals surface area contributed by atoms with Gasteiger partial charge in [-0.2, -0.15) is 8.78 Å². The Hall–Kier alpha value is -0.910. The molecule has 2 aromatic rings.